The predicted molar refractivity (Wildman–Crippen MR) is 80.2 cm³/mol. The van der Waals surface area contributed by atoms with Crippen LogP contribution >= 0.6 is 0 Å². The lowest BCUT2D eigenvalue weighted by Crippen LogP contribution is -2.53. The Bertz CT molecular complexity index is 533. The summed E-state index contributed by atoms with van der Waals surface area (Å²) < 4.78 is 5.19. The summed E-state index contributed by atoms with van der Waals surface area (Å²) in [5, 5.41) is 12.2. The molecule has 0 aliphatic carbocycles. The van der Waals surface area contributed by atoms with Gasteiger partial charge in [0.2, 0.25) is 0 Å². The van der Waals surface area contributed by atoms with Crippen LogP contribution in [0.2, 0.25) is 0 Å². The van der Waals surface area contributed by atoms with E-state index in [1.165, 1.54) is 0 Å². The van der Waals surface area contributed by atoms with Crippen molar-refractivity contribution in [2.75, 3.05) is 0 Å². The van der Waals surface area contributed by atoms with E-state index >= 15 is 0 Å². The summed E-state index contributed by atoms with van der Waals surface area (Å²) in [4.78, 5) is 23.9. The number of carbonyl (C=O) groups excluding carboxylic acids is 1. The Morgan fingerprint density at radius 2 is 1.81 bits per heavy atom. The largest absolute Gasteiger partial charge is 0.479 e. The average Bonchev–Trinajstić information content (AvgIpc) is 2.34. The van der Waals surface area contributed by atoms with Crippen LogP contribution in [0, 0.1) is 6.92 Å². The summed E-state index contributed by atoms with van der Waals surface area (Å²) in [6, 6.07) is 7.12. The second-order valence-corrected chi connectivity index (χ2v) is 6.01. The monoisotopic (exact) mass is 293 g/mol. The van der Waals surface area contributed by atoms with Gasteiger partial charge in [-0.2, -0.15) is 0 Å². The number of nitrogens with one attached hydrogen (secondary N) is 1. The second kappa shape index (κ2) is 6.16. The van der Waals surface area contributed by atoms with E-state index < -0.39 is 23.2 Å². The van der Waals surface area contributed by atoms with E-state index in [4.69, 9.17) is 4.74 Å². The highest BCUT2D eigenvalue weighted by Gasteiger charge is 2.42. The number of carboxylic acid groups (broad SMARTS) is 1. The number of amides is 1. The maximum Gasteiger partial charge on any atom is 0.408 e. The number of hydrogen-bond donors (Lipinski definition) is 2. The van der Waals surface area contributed by atoms with Gasteiger partial charge in [0.05, 0.1) is 0 Å². The Hall–Kier alpha value is -2.04. The zero-order valence-electron chi connectivity index (χ0n) is 13.2. The first-order valence-corrected chi connectivity index (χ1v) is 6.93. The Morgan fingerprint density at radius 1 is 1.24 bits per heavy atom. The quantitative estimate of drug-likeness (QED) is 0.893. The van der Waals surface area contributed by atoms with Gasteiger partial charge >= 0.3 is 12.1 Å². The minimum atomic E-state index is -1.49. The summed E-state index contributed by atoms with van der Waals surface area (Å²) in [5.74, 6) is -1.11. The summed E-state index contributed by atoms with van der Waals surface area (Å²) in [6.45, 7) is 8.73. The van der Waals surface area contributed by atoms with E-state index in [9.17, 15) is 14.7 Å². The molecule has 0 aliphatic rings. The first-order valence-electron chi connectivity index (χ1n) is 6.93. The van der Waals surface area contributed by atoms with E-state index in [1.807, 2.05) is 19.1 Å². The number of hydrogen-bond acceptors (Lipinski definition) is 3. The lowest BCUT2D eigenvalue weighted by molar-refractivity contribution is -0.145. The second-order valence-electron chi connectivity index (χ2n) is 6.01. The van der Waals surface area contributed by atoms with Gasteiger partial charge in [-0.25, -0.2) is 9.59 Å². The Kier molecular flexibility index (Phi) is 4.99. The number of aliphatic carboxylic acids is 1. The van der Waals surface area contributed by atoms with Gasteiger partial charge in [0.25, 0.3) is 0 Å². The van der Waals surface area contributed by atoms with Gasteiger partial charge in [-0.05, 0) is 45.2 Å². The van der Waals surface area contributed by atoms with Crippen LogP contribution in [0.3, 0.4) is 0 Å². The third-order valence-electron chi connectivity index (χ3n) is 3.21. The maximum absolute atomic E-state index is 12.0. The van der Waals surface area contributed by atoms with E-state index in [-0.39, 0.29) is 6.42 Å². The smallest absolute Gasteiger partial charge is 0.408 e. The van der Waals surface area contributed by atoms with Crippen LogP contribution in [0.25, 0.3) is 0 Å². The van der Waals surface area contributed by atoms with E-state index in [0.29, 0.717) is 5.56 Å². The van der Waals surface area contributed by atoms with E-state index in [1.54, 1.807) is 39.8 Å². The van der Waals surface area contributed by atoms with Gasteiger partial charge in [0, 0.05) is 0 Å². The number of carbonyl (C=O) groups is 2. The van der Waals surface area contributed by atoms with Crippen molar-refractivity contribution < 1.29 is 19.4 Å². The Balaban J connectivity index is 3.20. The minimum Gasteiger partial charge on any atom is -0.479 e. The third kappa shape index (κ3) is 3.97. The molecule has 0 heterocycles. The molecule has 0 aliphatic heterocycles. The van der Waals surface area contributed by atoms with Gasteiger partial charge in [0.1, 0.15) is 5.60 Å². The number of rotatable bonds is 4. The minimum absolute atomic E-state index is 0.215. The average molecular weight is 293 g/mol. The van der Waals surface area contributed by atoms with Crippen LogP contribution in [0.4, 0.5) is 4.79 Å². The molecule has 1 aromatic rings. The summed E-state index contributed by atoms with van der Waals surface area (Å²) >= 11 is 0. The molecule has 0 spiro atoms. The van der Waals surface area contributed by atoms with Crippen LogP contribution in [0.5, 0.6) is 0 Å². The predicted octanol–water partition coefficient (Wildman–Crippen LogP) is 3.21. The van der Waals surface area contributed by atoms with Crippen molar-refractivity contribution in [3.05, 3.63) is 35.4 Å². The van der Waals surface area contributed by atoms with Crippen molar-refractivity contribution in [1.82, 2.24) is 5.32 Å². The van der Waals surface area contributed by atoms with Gasteiger partial charge in [-0.15, -0.1) is 0 Å². The lowest BCUT2D eigenvalue weighted by Gasteiger charge is -2.32. The van der Waals surface area contributed by atoms with Gasteiger partial charge < -0.3 is 15.2 Å². The van der Waals surface area contributed by atoms with Crippen LogP contribution in [-0.2, 0) is 15.1 Å². The third-order valence-corrected chi connectivity index (χ3v) is 3.21. The number of alkyl carbamates (subject to hydrolysis) is 1. The highest BCUT2D eigenvalue weighted by atomic mass is 16.6. The fraction of sp³-hybridized carbons (Fsp3) is 0.500. The molecule has 5 heteroatoms. The molecule has 0 radical (unpaired) electrons. The van der Waals surface area contributed by atoms with Crippen LogP contribution < -0.4 is 5.32 Å². The SMILES string of the molecule is CCC(NC(=O)OC(C)(C)C)(C(=O)O)c1ccccc1C. The topological polar surface area (TPSA) is 75.6 Å². The van der Waals surface area contributed by atoms with E-state index in [2.05, 4.69) is 5.32 Å². The van der Waals surface area contributed by atoms with Crippen LogP contribution in [0.15, 0.2) is 24.3 Å². The van der Waals surface area contributed by atoms with Gasteiger partial charge in [-0.1, -0.05) is 31.2 Å². The standard InChI is InChI=1S/C16H23NO4/c1-6-16(13(18)19,12-10-8-7-9-11(12)2)17-14(20)21-15(3,4)5/h7-10H,6H2,1-5H3,(H,17,20)(H,18,19). The molecule has 116 valence electrons. The molecule has 0 saturated heterocycles. The molecule has 0 fully saturated rings. The number of carboxylic acids is 1. The van der Waals surface area contributed by atoms with Crippen LogP contribution in [0.1, 0.15) is 45.2 Å². The van der Waals surface area contributed by atoms with Crippen molar-refractivity contribution in [2.45, 2.75) is 52.2 Å². The van der Waals surface area contributed by atoms with Crippen molar-refractivity contribution in [3.63, 3.8) is 0 Å². The zero-order valence-corrected chi connectivity index (χ0v) is 13.2. The molecule has 2 N–H and O–H groups in total. The molecule has 1 unspecified atom stereocenters. The molecule has 0 bridgehead atoms. The fourth-order valence-electron chi connectivity index (χ4n) is 2.20. The molecule has 1 rings (SSSR count). The van der Waals surface area contributed by atoms with Gasteiger partial charge in [-0.3, -0.25) is 0 Å². The highest BCUT2D eigenvalue weighted by molar-refractivity contribution is 5.86. The number of benzene rings is 1. The summed E-state index contributed by atoms with van der Waals surface area (Å²) in [5.41, 5.74) is -0.815. The molecule has 5 nitrogen and oxygen atoms in total. The molecule has 1 aromatic carbocycles. The summed E-state index contributed by atoms with van der Waals surface area (Å²) in [6.07, 6.45) is -0.526. The van der Waals surface area contributed by atoms with Crippen molar-refractivity contribution in [3.8, 4) is 0 Å². The lowest BCUT2D eigenvalue weighted by atomic mass is 9.84. The molecule has 0 saturated carbocycles. The van der Waals surface area contributed by atoms with E-state index in [0.717, 1.165) is 5.56 Å². The number of ether oxygens (including phenoxy) is 1. The molecule has 1 amide bonds. The summed E-state index contributed by atoms with van der Waals surface area (Å²) in [7, 11) is 0. The molecule has 21 heavy (non-hydrogen) atoms. The molecular weight excluding hydrogens is 270 g/mol. The molecule has 0 aromatic heterocycles. The zero-order chi connectivity index (χ0) is 16.3. The number of aryl methyl sites for hydroxylation is 1. The first-order chi connectivity index (χ1) is 9.62. The Morgan fingerprint density at radius 3 is 2.24 bits per heavy atom. The van der Waals surface area contributed by atoms with Crippen LogP contribution in [-0.4, -0.2) is 22.8 Å². The fourth-order valence-corrected chi connectivity index (χ4v) is 2.20. The van der Waals surface area contributed by atoms with Crippen molar-refractivity contribution >= 4 is 12.1 Å². The molecular formula is C16H23NO4. The Labute approximate surface area is 125 Å². The first kappa shape index (κ1) is 17.0. The normalized spacial score (nSPS) is 14.1. The van der Waals surface area contributed by atoms with Crippen molar-refractivity contribution in [2.24, 2.45) is 0 Å². The molecule has 1 atom stereocenters. The van der Waals surface area contributed by atoms with Gasteiger partial charge in [0.15, 0.2) is 5.54 Å². The maximum atomic E-state index is 12.0. The van der Waals surface area contributed by atoms with Crippen molar-refractivity contribution in [1.29, 1.82) is 0 Å². The highest BCUT2D eigenvalue weighted by Crippen LogP contribution is 2.29.